The van der Waals surface area contributed by atoms with Crippen LogP contribution in [-0.2, 0) is 19.4 Å². The van der Waals surface area contributed by atoms with Gasteiger partial charge in [-0.2, -0.15) is 0 Å². The van der Waals surface area contributed by atoms with Crippen LogP contribution in [-0.4, -0.2) is 17.4 Å². The lowest BCUT2D eigenvalue weighted by atomic mass is 9.99. The lowest BCUT2D eigenvalue weighted by Gasteiger charge is -2.19. The molecule has 1 aliphatic heterocycles. The number of anilines is 1. The molecule has 1 aromatic carbocycles. The van der Waals surface area contributed by atoms with Crippen molar-refractivity contribution in [1.82, 2.24) is 10.3 Å². The highest BCUT2D eigenvalue weighted by Crippen LogP contribution is 2.26. The summed E-state index contributed by atoms with van der Waals surface area (Å²) in [6.45, 7) is 5.33. The third kappa shape index (κ3) is 4.70. The third-order valence-electron chi connectivity index (χ3n) is 3.97. The number of aryl methyl sites for hydroxylation is 2. The van der Waals surface area contributed by atoms with Crippen LogP contribution in [0.1, 0.15) is 44.8 Å². The summed E-state index contributed by atoms with van der Waals surface area (Å²) in [6.07, 6.45) is 2.49. The van der Waals surface area contributed by atoms with Gasteiger partial charge >= 0.3 is 0 Å². The van der Waals surface area contributed by atoms with Crippen LogP contribution in [0.4, 0.5) is 10.1 Å². The Balaban J connectivity index is 0.00000156. The highest BCUT2D eigenvalue weighted by molar-refractivity contribution is 7.13. The Morgan fingerprint density at radius 2 is 2.16 bits per heavy atom. The van der Waals surface area contributed by atoms with Gasteiger partial charge in [-0.05, 0) is 49.9 Å². The molecule has 0 unspecified atom stereocenters. The number of benzene rings is 1. The molecule has 8 heteroatoms. The van der Waals surface area contributed by atoms with E-state index in [-0.39, 0.29) is 42.2 Å². The molecule has 0 radical (unpaired) electrons. The maximum atomic E-state index is 14.6. The number of halogens is 3. The molecule has 0 spiro atoms. The zero-order valence-corrected chi connectivity index (χ0v) is 16.6. The van der Waals surface area contributed by atoms with Crippen LogP contribution in [0, 0.1) is 12.7 Å². The van der Waals surface area contributed by atoms with E-state index in [0.717, 1.165) is 30.0 Å². The minimum atomic E-state index is -0.312. The number of thiazole rings is 1. The Bertz CT molecular complexity index is 752. The second-order valence-electron chi connectivity index (χ2n) is 5.72. The first kappa shape index (κ1) is 21.8. The summed E-state index contributed by atoms with van der Waals surface area (Å²) in [7, 11) is 0. The number of rotatable bonds is 4. The predicted molar refractivity (Wildman–Crippen MR) is 105 cm³/mol. The Morgan fingerprint density at radius 3 is 2.88 bits per heavy atom. The molecule has 0 saturated carbocycles. The summed E-state index contributed by atoms with van der Waals surface area (Å²) in [5.74, 6) is -0.594. The number of hydrogen-bond acceptors (Lipinski definition) is 4. The topological polar surface area (TPSA) is 54.0 Å². The smallest absolute Gasteiger partial charge is 0.267 e. The van der Waals surface area contributed by atoms with Crippen molar-refractivity contribution in [3.05, 3.63) is 44.7 Å². The fraction of sp³-hybridized carbons (Fsp3) is 0.412. The Kier molecular flexibility index (Phi) is 8.28. The fourth-order valence-corrected chi connectivity index (χ4v) is 3.85. The van der Waals surface area contributed by atoms with Crippen molar-refractivity contribution in [1.29, 1.82) is 0 Å². The molecular weight excluding hydrogens is 384 g/mol. The van der Waals surface area contributed by atoms with Crippen molar-refractivity contribution in [2.75, 3.05) is 11.9 Å². The lowest BCUT2D eigenvalue weighted by molar-refractivity contribution is 0.102. The summed E-state index contributed by atoms with van der Waals surface area (Å²) in [6, 6.07) is 3.52. The summed E-state index contributed by atoms with van der Waals surface area (Å²) in [5.41, 5.74) is 2.62. The zero-order chi connectivity index (χ0) is 16.4. The Morgan fingerprint density at radius 1 is 1.40 bits per heavy atom. The van der Waals surface area contributed by atoms with Gasteiger partial charge < -0.3 is 10.6 Å². The quantitative estimate of drug-likeness (QED) is 0.797. The summed E-state index contributed by atoms with van der Waals surface area (Å²) < 4.78 is 14.6. The number of aromatic nitrogens is 1. The molecule has 0 bridgehead atoms. The van der Waals surface area contributed by atoms with Gasteiger partial charge in [0.05, 0.1) is 16.4 Å². The maximum Gasteiger partial charge on any atom is 0.267 e. The SMILES string of the molecule is CCCc1nc(C)c(C(=O)Nc2ccc3c(c2F)CCNC3)s1.Cl.Cl. The van der Waals surface area contributed by atoms with E-state index in [1.165, 1.54) is 11.3 Å². The number of amides is 1. The number of carbonyl (C=O) groups excluding carboxylic acids is 1. The van der Waals surface area contributed by atoms with Crippen molar-refractivity contribution in [2.24, 2.45) is 0 Å². The van der Waals surface area contributed by atoms with Gasteiger partial charge in [0.25, 0.3) is 5.91 Å². The number of nitrogens with zero attached hydrogens (tertiary/aromatic N) is 1. The molecule has 1 aliphatic rings. The molecule has 4 nitrogen and oxygen atoms in total. The van der Waals surface area contributed by atoms with Gasteiger partial charge in [0.15, 0.2) is 0 Å². The third-order valence-corrected chi connectivity index (χ3v) is 5.18. The molecular formula is C17H22Cl2FN3OS. The lowest BCUT2D eigenvalue weighted by Crippen LogP contribution is -2.25. The Labute approximate surface area is 163 Å². The molecule has 2 aromatic rings. The van der Waals surface area contributed by atoms with Gasteiger partial charge in [0, 0.05) is 6.54 Å². The minimum absolute atomic E-state index is 0. The van der Waals surface area contributed by atoms with E-state index in [1.54, 1.807) is 6.07 Å². The van der Waals surface area contributed by atoms with Crippen molar-refractivity contribution in [3.8, 4) is 0 Å². The van der Waals surface area contributed by atoms with Crippen LogP contribution in [0.2, 0.25) is 0 Å². The Hall–Kier alpha value is -1.21. The van der Waals surface area contributed by atoms with Crippen molar-refractivity contribution < 1.29 is 9.18 Å². The van der Waals surface area contributed by atoms with Gasteiger partial charge in [-0.25, -0.2) is 9.37 Å². The van der Waals surface area contributed by atoms with E-state index in [4.69, 9.17) is 0 Å². The summed E-state index contributed by atoms with van der Waals surface area (Å²) in [4.78, 5) is 17.4. The van der Waals surface area contributed by atoms with Gasteiger partial charge in [0.1, 0.15) is 10.7 Å². The van der Waals surface area contributed by atoms with Crippen LogP contribution in [0.15, 0.2) is 12.1 Å². The summed E-state index contributed by atoms with van der Waals surface area (Å²) >= 11 is 1.39. The highest BCUT2D eigenvalue weighted by atomic mass is 35.5. The molecule has 0 fully saturated rings. The van der Waals surface area contributed by atoms with E-state index in [2.05, 4.69) is 22.5 Å². The van der Waals surface area contributed by atoms with E-state index in [1.807, 2.05) is 13.0 Å². The summed E-state index contributed by atoms with van der Waals surface area (Å²) in [5, 5.41) is 6.88. The van der Waals surface area contributed by atoms with Gasteiger partial charge in [-0.3, -0.25) is 4.79 Å². The molecule has 138 valence electrons. The molecule has 2 N–H and O–H groups in total. The monoisotopic (exact) mass is 405 g/mol. The first-order chi connectivity index (χ1) is 11.1. The number of nitrogens with one attached hydrogen (secondary N) is 2. The van der Waals surface area contributed by atoms with E-state index < -0.39 is 0 Å². The average molecular weight is 406 g/mol. The first-order valence-corrected chi connectivity index (χ1v) is 8.70. The maximum absolute atomic E-state index is 14.6. The molecule has 25 heavy (non-hydrogen) atoms. The molecule has 3 rings (SSSR count). The molecule has 0 atom stereocenters. The van der Waals surface area contributed by atoms with Crippen molar-refractivity contribution >= 4 is 47.7 Å². The van der Waals surface area contributed by atoms with Crippen molar-refractivity contribution in [3.63, 3.8) is 0 Å². The van der Waals surface area contributed by atoms with E-state index in [9.17, 15) is 9.18 Å². The number of hydrogen-bond donors (Lipinski definition) is 2. The van der Waals surface area contributed by atoms with Gasteiger partial charge in [-0.15, -0.1) is 36.2 Å². The molecule has 0 saturated heterocycles. The molecule has 1 aromatic heterocycles. The second-order valence-corrected chi connectivity index (χ2v) is 6.80. The van der Waals surface area contributed by atoms with Crippen LogP contribution in [0.3, 0.4) is 0 Å². The van der Waals surface area contributed by atoms with E-state index in [0.29, 0.717) is 29.1 Å². The number of fused-ring (bicyclic) bond motifs is 1. The fourth-order valence-electron chi connectivity index (χ4n) is 2.79. The van der Waals surface area contributed by atoms with Gasteiger partial charge in [-0.1, -0.05) is 13.0 Å². The van der Waals surface area contributed by atoms with Crippen LogP contribution >= 0.6 is 36.2 Å². The molecule has 2 heterocycles. The van der Waals surface area contributed by atoms with Crippen LogP contribution < -0.4 is 10.6 Å². The number of carbonyl (C=O) groups is 1. The van der Waals surface area contributed by atoms with E-state index >= 15 is 0 Å². The first-order valence-electron chi connectivity index (χ1n) is 7.88. The molecule has 1 amide bonds. The standard InChI is InChI=1S/C17H20FN3OS.2ClH/c1-3-4-14-20-10(2)16(23-14)17(22)21-13-6-5-11-9-19-8-7-12(11)15(13)18;;/h5-6,19H,3-4,7-9H2,1-2H3,(H,21,22);2*1H. The minimum Gasteiger partial charge on any atom is -0.319 e. The van der Waals surface area contributed by atoms with Gasteiger partial charge in [0.2, 0.25) is 0 Å². The van der Waals surface area contributed by atoms with Crippen molar-refractivity contribution in [2.45, 2.75) is 39.7 Å². The normalized spacial score (nSPS) is 12.6. The molecule has 0 aliphatic carbocycles. The van der Waals surface area contributed by atoms with Crippen LogP contribution in [0.5, 0.6) is 0 Å². The second kappa shape index (κ2) is 9.48. The zero-order valence-electron chi connectivity index (χ0n) is 14.1. The predicted octanol–water partition coefficient (Wildman–Crippen LogP) is 4.28. The van der Waals surface area contributed by atoms with Crippen LogP contribution in [0.25, 0.3) is 0 Å². The average Bonchev–Trinajstić information content (AvgIpc) is 2.91. The largest absolute Gasteiger partial charge is 0.319 e. The highest BCUT2D eigenvalue weighted by Gasteiger charge is 2.20.